The first-order valence-corrected chi connectivity index (χ1v) is 11.6. The van der Waals surface area contributed by atoms with Crippen molar-refractivity contribution in [1.82, 2.24) is 4.90 Å². The molecule has 6 nitrogen and oxygen atoms in total. The molecular weight excluding hydrogens is 414 g/mol. The summed E-state index contributed by atoms with van der Waals surface area (Å²) in [5.74, 6) is 1.25. The molecule has 6 rings (SSSR count). The molecule has 0 spiro atoms. The Bertz CT molecular complexity index is 1060. The Hall–Kier alpha value is -2.48. The van der Waals surface area contributed by atoms with Crippen LogP contribution in [0.5, 0.6) is 11.5 Å². The number of carbonyl (C=O) groups is 1. The number of hydrogen-bond acceptors (Lipinski definition) is 7. The van der Waals surface area contributed by atoms with Crippen LogP contribution in [0.25, 0.3) is 0 Å². The predicted molar refractivity (Wildman–Crippen MR) is 115 cm³/mol. The van der Waals surface area contributed by atoms with E-state index in [4.69, 9.17) is 14.2 Å². The fraction of sp³-hybridized carbons (Fsp3) is 0.375. The average molecular weight is 438 g/mol. The van der Waals surface area contributed by atoms with Crippen molar-refractivity contribution in [1.29, 1.82) is 0 Å². The van der Waals surface area contributed by atoms with Gasteiger partial charge in [-0.05, 0) is 41.8 Å². The number of ether oxygens (including phenoxy) is 3. The molecular formula is C24H23NO5S. The highest BCUT2D eigenvalue weighted by atomic mass is 32.2. The maximum atomic E-state index is 12.7. The molecule has 2 aromatic carbocycles. The lowest BCUT2D eigenvalue weighted by Crippen LogP contribution is -2.51. The van der Waals surface area contributed by atoms with Crippen LogP contribution < -0.4 is 9.47 Å². The highest BCUT2D eigenvalue weighted by Crippen LogP contribution is 2.50. The van der Waals surface area contributed by atoms with Gasteiger partial charge in [-0.25, -0.2) is 0 Å². The van der Waals surface area contributed by atoms with Gasteiger partial charge in [0, 0.05) is 29.9 Å². The molecule has 0 saturated carbocycles. The van der Waals surface area contributed by atoms with E-state index in [0.29, 0.717) is 0 Å². The Labute approximate surface area is 184 Å². The van der Waals surface area contributed by atoms with Gasteiger partial charge in [0.2, 0.25) is 6.79 Å². The Balaban J connectivity index is 1.30. The average Bonchev–Trinajstić information content (AvgIpc) is 3.40. The summed E-state index contributed by atoms with van der Waals surface area (Å²) in [7, 11) is 0. The summed E-state index contributed by atoms with van der Waals surface area (Å²) in [6.45, 7) is 1.99. The fourth-order valence-corrected chi connectivity index (χ4v) is 6.02. The first-order valence-electron chi connectivity index (χ1n) is 10.6. The van der Waals surface area contributed by atoms with Crippen LogP contribution in [0.3, 0.4) is 0 Å². The summed E-state index contributed by atoms with van der Waals surface area (Å²) in [4.78, 5) is 16.2. The number of hydrogen-bond donors (Lipinski definition) is 1. The normalized spacial score (nSPS) is 28.0. The summed E-state index contributed by atoms with van der Waals surface area (Å²) >= 11 is 1.44. The zero-order valence-corrected chi connectivity index (χ0v) is 17.7. The number of aliphatic hydroxyl groups is 1. The van der Waals surface area contributed by atoms with E-state index in [2.05, 4.69) is 4.90 Å². The molecule has 0 aromatic heterocycles. The van der Waals surface area contributed by atoms with Crippen LogP contribution in [0.15, 0.2) is 59.0 Å². The summed E-state index contributed by atoms with van der Waals surface area (Å²) in [6, 6.07) is 14.0. The first-order chi connectivity index (χ1) is 15.2. The molecule has 160 valence electrons. The van der Waals surface area contributed by atoms with E-state index in [1.165, 1.54) is 17.3 Å². The van der Waals surface area contributed by atoms with E-state index < -0.39 is 12.2 Å². The molecule has 7 heteroatoms. The zero-order valence-electron chi connectivity index (χ0n) is 16.9. The molecule has 31 heavy (non-hydrogen) atoms. The van der Waals surface area contributed by atoms with E-state index in [-0.39, 0.29) is 30.5 Å². The maximum absolute atomic E-state index is 12.7. The largest absolute Gasteiger partial charge is 0.458 e. The molecule has 0 bridgehead atoms. The molecule has 1 fully saturated rings. The van der Waals surface area contributed by atoms with Crippen molar-refractivity contribution < 1.29 is 24.1 Å². The fourth-order valence-electron chi connectivity index (χ4n) is 5.32. The second kappa shape index (κ2) is 7.58. The van der Waals surface area contributed by atoms with Crippen molar-refractivity contribution >= 4 is 17.7 Å². The number of rotatable bonds is 4. The molecule has 2 aromatic rings. The summed E-state index contributed by atoms with van der Waals surface area (Å²) < 4.78 is 17.1. The van der Waals surface area contributed by atoms with E-state index in [9.17, 15) is 9.90 Å². The van der Waals surface area contributed by atoms with Gasteiger partial charge in [0.1, 0.15) is 12.2 Å². The molecule has 4 unspecified atom stereocenters. The van der Waals surface area contributed by atoms with Gasteiger partial charge in [-0.2, -0.15) is 0 Å². The zero-order chi connectivity index (χ0) is 20.9. The van der Waals surface area contributed by atoms with Crippen molar-refractivity contribution in [2.24, 2.45) is 0 Å². The second-order valence-corrected chi connectivity index (χ2v) is 9.43. The molecule has 4 atom stereocenters. The number of fused-ring (bicyclic) bond motifs is 3. The molecule has 1 aliphatic carbocycles. The Kier molecular flexibility index (Phi) is 4.70. The van der Waals surface area contributed by atoms with Crippen LogP contribution in [-0.2, 0) is 16.1 Å². The van der Waals surface area contributed by atoms with Gasteiger partial charge in [-0.15, -0.1) is 11.8 Å². The third kappa shape index (κ3) is 3.32. The van der Waals surface area contributed by atoms with Crippen molar-refractivity contribution in [3.8, 4) is 11.5 Å². The summed E-state index contributed by atoms with van der Waals surface area (Å²) in [5, 5.41) is 10.9. The number of aliphatic hydroxyl groups excluding tert-OH is 1. The monoisotopic (exact) mass is 437 g/mol. The van der Waals surface area contributed by atoms with Crippen LogP contribution in [0.4, 0.5) is 0 Å². The molecule has 1 N–H and O–H groups in total. The minimum absolute atomic E-state index is 0.124. The van der Waals surface area contributed by atoms with E-state index in [1.54, 1.807) is 0 Å². The third-order valence-corrected chi connectivity index (χ3v) is 7.60. The van der Waals surface area contributed by atoms with Gasteiger partial charge in [0.05, 0.1) is 5.75 Å². The van der Waals surface area contributed by atoms with Crippen molar-refractivity contribution in [3.63, 3.8) is 0 Å². The number of carbonyl (C=O) groups excluding carboxylic acids is 1. The number of esters is 1. The minimum Gasteiger partial charge on any atom is -0.458 e. The lowest BCUT2D eigenvalue weighted by molar-refractivity contribution is -0.153. The molecule has 4 aliphatic rings. The van der Waals surface area contributed by atoms with Crippen LogP contribution in [0, 0.1) is 0 Å². The van der Waals surface area contributed by atoms with Crippen molar-refractivity contribution in [2.75, 3.05) is 19.1 Å². The summed E-state index contributed by atoms with van der Waals surface area (Å²) in [6.07, 6.45) is 1.39. The van der Waals surface area contributed by atoms with Gasteiger partial charge < -0.3 is 19.3 Å². The highest BCUT2D eigenvalue weighted by Gasteiger charge is 2.50. The van der Waals surface area contributed by atoms with Gasteiger partial charge in [-0.3, -0.25) is 9.69 Å². The van der Waals surface area contributed by atoms with Crippen molar-refractivity contribution in [3.05, 3.63) is 65.2 Å². The Morgan fingerprint density at radius 2 is 2.00 bits per heavy atom. The van der Waals surface area contributed by atoms with E-state index in [1.807, 2.05) is 48.5 Å². The van der Waals surface area contributed by atoms with E-state index >= 15 is 0 Å². The summed E-state index contributed by atoms with van der Waals surface area (Å²) in [5.41, 5.74) is 3.48. The molecule has 0 amide bonds. The van der Waals surface area contributed by atoms with E-state index in [0.717, 1.165) is 47.0 Å². The quantitative estimate of drug-likeness (QED) is 0.448. The van der Waals surface area contributed by atoms with Crippen LogP contribution >= 0.6 is 11.8 Å². The standard InChI is InChI=1S/C24H23NO5S/c26-18-8-14-6-7-25-11-15-9-19-20(29-13-28-19)10-17(15)22(23(14)25)24(18)30-21(27)12-31-16-4-2-1-3-5-16/h1-5,8-10,18,22-24,26H,6-7,11-13H2. The van der Waals surface area contributed by atoms with Crippen LogP contribution in [-0.4, -0.2) is 53.3 Å². The second-order valence-electron chi connectivity index (χ2n) is 8.38. The topological polar surface area (TPSA) is 68.2 Å². The minimum atomic E-state index is -0.821. The molecule has 3 aliphatic heterocycles. The molecule has 1 saturated heterocycles. The Morgan fingerprint density at radius 1 is 1.19 bits per heavy atom. The number of thioether (sulfide) groups is 1. The van der Waals surface area contributed by atoms with Crippen LogP contribution in [0.2, 0.25) is 0 Å². The first kappa shape index (κ1) is 19.2. The smallest absolute Gasteiger partial charge is 0.316 e. The van der Waals surface area contributed by atoms with Gasteiger partial charge in [-0.1, -0.05) is 29.8 Å². The lowest BCUT2D eigenvalue weighted by Gasteiger charge is -2.45. The van der Waals surface area contributed by atoms with Crippen LogP contribution in [0.1, 0.15) is 23.5 Å². The third-order valence-electron chi connectivity index (χ3n) is 6.61. The SMILES string of the molecule is O=C(CSc1ccccc1)OC1C(O)C=C2CCN3Cc4cc5c(cc4C1C23)OCO5. The predicted octanol–water partition coefficient (Wildman–Crippen LogP) is 3.09. The number of nitrogens with zero attached hydrogens (tertiary/aromatic N) is 1. The molecule has 3 heterocycles. The van der Waals surface area contributed by atoms with Gasteiger partial charge >= 0.3 is 5.97 Å². The highest BCUT2D eigenvalue weighted by molar-refractivity contribution is 8.00. The van der Waals surface area contributed by atoms with Crippen molar-refractivity contribution in [2.45, 2.75) is 42.0 Å². The Morgan fingerprint density at radius 3 is 2.84 bits per heavy atom. The van der Waals surface area contributed by atoms with Gasteiger partial charge in [0.15, 0.2) is 11.5 Å². The molecule has 0 radical (unpaired) electrons. The van der Waals surface area contributed by atoms with Gasteiger partial charge in [0.25, 0.3) is 0 Å². The lowest BCUT2D eigenvalue weighted by atomic mass is 9.73. The number of benzene rings is 2. The maximum Gasteiger partial charge on any atom is 0.316 e.